The van der Waals surface area contributed by atoms with Crippen molar-refractivity contribution in [2.45, 2.75) is 238 Å². The number of nitrogens with two attached hydrogens (primary N) is 1. The molecular weight excluding hydrogens is 1480 g/mol. The number of Topliss-reactive ketones (excluding diaryl/α,β-unsaturated/α-hetero) is 1. The third-order valence-corrected chi connectivity index (χ3v) is 23.8. The highest BCUT2D eigenvalue weighted by molar-refractivity contribution is 5.91. The second kappa shape index (κ2) is 34.1. The fraction of sp³-hybridized carbons (Fsp3) is 0.588. The second-order valence-corrected chi connectivity index (χ2v) is 36.7. The van der Waals surface area contributed by atoms with Crippen molar-refractivity contribution in [3.63, 3.8) is 0 Å². The van der Waals surface area contributed by atoms with E-state index >= 15 is 0 Å². The van der Waals surface area contributed by atoms with Gasteiger partial charge < -0.3 is 40.6 Å². The number of carbonyl (C=O) groups excluding carboxylic acids is 6. The number of ketones is 1. The van der Waals surface area contributed by atoms with Gasteiger partial charge in [-0.05, 0) is 253 Å². The van der Waals surface area contributed by atoms with E-state index in [-0.39, 0.29) is 70.7 Å². The van der Waals surface area contributed by atoms with Crippen LogP contribution in [0.2, 0.25) is 0 Å². The van der Waals surface area contributed by atoms with Gasteiger partial charge in [0.1, 0.15) is 28.7 Å². The molecule has 0 bridgehead atoms. The van der Waals surface area contributed by atoms with Crippen molar-refractivity contribution in [3.8, 4) is 0 Å². The fourth-order valence-corrected chi connectivity index (χ4v) is 16.6. The molecule has 0 aromatic carbocycles. The zero-order valence-electron chi connectivity index (χ0n) is 68.7. The number of likely N-dealkylation sites (tertiary alicyclic amines) is 4. The largest absolute Gasteiger partial charge is 0.480 e. The number of fused-ring (bicyclic) bond motifs is 3. The minimum atomic E-state index is -0.931. The molecule has 5 spiro atoms. The predicted molar refractivity (Wildman–Crippen MR) is 430 cm³/mol. The molecule has 5 saturated heterocycles. The van der Waals surface area contributed by atoms with Gasteiger partial charge in [0.15, 0.2) is 40.2 Å². The Morgan fingerprint density at radius 1 is 0.552 bits per heavy atom. The van der Waals surface area contributed by atoms with Crippen molar-refractivity contribution in [1.29, 1.82) is 0 Å². The number of nitrogens with zero attached hydrogens (tertiary/aromatic N) is 16. The first-order chi connectivity index (χ1) is 55.2. The van der Waals surface area contributed by atoms with Crippen LogP contribution in [0.1, 0.15) is 226 Å². The van der Waals surface area contributed by atoms with Crippen molar-refractivity contribution in [2.75, 3.05) is 51.1 Å². The van der Waals surface area contributed by atoms with Gasteiger partial charge in [0.2, 0.25) is 12.3 Å². The van der Waals surface area contributed by atoms with Crippen LogP contribution in [0.4, 0.5) is 20.2 Å². The van der Waals surface area contributed by atoms with Crippen LogP contribution in [0.5, 0.6) is 0 Å². The van der Waals surface area contributed by atoms with Crippen molar-refractivity contribution < 1.29 is 58.1 Å². The Labute approximate surface area is 677 Å². The minimum Gasteiger partial charge on any atom is -0.480 e. The molecule has 5 amide bonds. The summed E-state index contributed by atoms with van der Waals surface area (Å²) >= 11 is 0. The standard InChI is InChI=1S/C20H27N5O3.C18H25N3O3.C17H22N4O2.C12H14N4.C12H19NO4.C6H8N2/c1-2-3-6-15(12-23(28)14-26)19(27)25-13-20(8-9-20)11-16(25)18-22-21-17-7-4-5-10-24(17)18;1-17(2,3)24-16(23)21-12-18(7-8-18)10-13(21)14(22)11-20-15-6-4-5-9-19-15;1-16(2,3)23-15(22)21-11-17(7-8-17)10-12(21)14-19-18-13-6-4-5-9-20(13)14;1-2-6-16-10(3-1)14-15-11(16)9-7-12(4-5-12)8-13-9;1-11(2,3)17-10(16)13-7-12(4-5-12)6-8(13)9(14)15;7-5-6-3-1-2-4-8-6/h4-5,7,10,14-16,28H,2-3,6,8-9,11-13H2,1H3;4-6,9,13H,7-8,10-12H2,1-3H3,(H,19,20);4-6,9,12H,7-8,10-11H2,1-3H3;1-3,6,9,13H,4-5,7-8H2;8H,4-7H2,1-3H3,(H,14,15);1-4H,5,7H2/t15-,16+;13-;12-;9-;8-;/m10000./s1. The second-order valence-electron chi connectivity index (χ2n) is 36.7. The molecule has 10 aliphatic rings. The van der Waals surface area contributed by atoms with Crippen molar-refractivity contribution in [2.24, 2.45) is 38.7 Å². The Bertz CT molecular complexity index is 4760. The van der Waals surface area contributed by atoms with Gasteiger partial charge in [0.25, 0.3) is 0 Å². The Morgan fingerprint density at radius 2 is 0.983 bits per heavy atom. The fourth-order valence-electron chi connectivity index (χ4n) is 16.6. The first-order valence-corrected chi connectivity index (χ1v) is 41.1. The number of anilines is 1. The van der Waals surface area contributed by atoms with Crippen LogP contribution >= 0.6 is 0 Å². The summed E-state index contributed by atoms with van der Waals surface area (Å²) in [6.07, 6.45) is 27.0. The molecule has 13 heterocycles. The molecule has 8 aromatic rings. The van der Waals surface area contributed by atoms with E-state index in [0.29, 0.717) is 67.8 Å². The highest BCUT2D eigenvalue weighted by Gasteiger charge is 2.60. The molecule has 0 radical (unpaired) electrons. The number of hydrogen-bond donors (Lipinski definition) is 5. The van der Waals surface area contributed by atoms with Crippen LogP contribution < -0.4 is 16.4 Å². The number of hydroxylamine groups is 2. The molecule has 6 atom stereocenters. The summed E-state index contributed by atoms with van der Waals surface area (Å²) in [6.45, 7) is 23.1. The molecule has 0 unspecified atom stereocenters. The average Bonchev–Trinajstić information content (AvgIpc) is 1.58. The summed E-state index contributed by atoms with van der Waals surface area (Å²) in [5.41, 5.74) is 8.38. The average molecular weight is 1590 g/mol. The topological polar surface area (TPSA) is 370 Å². The summed E-state index contributed by atoms with van der Waals surface area (Å²) in [5, 5.41) is 51.8. The summed E-state index contributed by atoms with van der Waals surface area (Å²) in [4.78, 5) is 100. The van der Waals surface area contributed by atoms with Gasteiger partial charge in [-0.3, -0.25) is 52.5 Å². The first-order valence-electron chi connectivity index (χ1n) is 41.1. The number of carbonyl (C=O) groups is 7. The van der Waals surface area contributed by atoms with Crippen LogP contribution in [0.25, 0.3) is 16.9 Å². The lowest BCUT2D eigenvalue weighted by Gasteiger charge is -2.29. The number of hydrogen-bond acceptors (Lipinski definition) is 22. The molecule has 116 heavy (non-hydrogen) atoms. The van der Waals surface area contributed by atoms with Crippen LogP contribution in [0.3, 0.4) is 0 Å². The van der Waals surface area contributed by atoms with E-state index in [2.05, 4.69) is 62.5 Å². The maximum absolute atomic E-state index is 13.5. The molecular formula is C85H115N19O12. The van der Waals surface area contributed by atoms with Crippen LogP contribution in [-0.2, 0) is 39.9 Å². The number of carboxylic acids is 1. The summed E-state index contributed by atoms with van der Waals surface area (Å²) in [5.74, 6) is 2.01. The van der Waals surface area contributed by atoms with Gasteiger partial charge >= 0.3 is 24.2 Å². The van der Waals surface area contributed by atoms with E-state index < -0.39 is 46.9 Å². The Kier molecular flexibility index (Phi) is 24.6. The van der Waals surface area contributed by atoms with Gasteiger partial charge in [-0.1, -0.05) is 50.1 Å². The highest BCUT2D eigenvalue weighted by atomic mass is 16.6. The van der Waals surface area contributed by atoms with E-state index in [1.54, 1.807) is 38.1 Å². The highest BCUT2D eigenvalue weighted by Crippen LogP contribution is 2.61. The third-order valence-electron chi connectivity index (χ3n) is 23.8. The molecule has 5 aliphatic carbocycles. The predicted octanol–water partition coefficient (Wildman–Crippen LogP) is 12.4. The Hall–Kier alpha value is -10.3. The number of unbranched alkanes of at least 4 members (excludes halogenated alkanes) is 1. The lowest BCUT2D eigenvalue weighted by Crippen LogP contribution is -2.45. The SMILES string of the molecule is CC(C)(C)OC(=O)N1CC2(CC2)C[C@H]1C(=O)CNc1ccccn1.CC(C)(C)OC(=O)N1CC2(CC2)C[C@H]1C(=O)O.CC(C)(C)OC(=O)N1CC2(CC2)C[C@H]1c1nnc2ccccn12.CCCC[C@H](CN(O)C=O)C(=O)N1CC2(CC2)C[C@H]1c1nnc2ccccn12.NCc1ccccn1.c1ccn2c([C@@H]3CC4(CC4)CN3)nnc2c1. The molecule has 31 nitrogen and oxygen atoms in total. The lowest BCUT2D eigenvalue weighted by atomic mass is 9.99. The third kappa shape index (κ3) is 20.7. The quantitative estimate of drug-likeness (QED) is 0.0260. The van der Waals surface area contributed by atoms with Crippen molar-refractivity contribution >= 4 is 65.1 Å². The molecule has 5 saturated carbocycles. The van der Waals surface area contributed by atoms with Gasteiger partial charge in [0, 0.05) is 70.3 Å². The molecule has 18 rings (SSSR count). The lowest BCUT2D eigenvalue weighted by molar-refractivity contribution is -0.157. The van der Waals surface area contributed by atoms with E-state index in [1.807, 2.05) is 170 Å². The number of pyridine rings is 5. The number of rotatable bonds is 16. The molecule has 6 N–H and O–H groups in total. The molecule has 10 fully saturated rings. The van der Waals surface area contributed by atoms with Crippen molar-refractivity contribution in [1.82, 2.24) is 83.7 Å². The van der Waals surface area contributed by atoms with Gasteiger partial charge in [-0.2, -0.15) is 0 Å². The van der Waals surface area contributed by atoms with Gasteiger partial charge in [-0.25, -0.2) is 29.2 Å². The number of amides is 5. The zero-order valence-corrected chi connectivity index (χ0v) is 68.7. The molecule has 5 aliphatic heterocycles. The normalized spacial score (nSPS) is 22.2. The van der Waals surface area contributed by atoms with E-state index in [0.717, 1.165) is 124 Å². The van der Waals surface area contributed by atoms with Crippen LogP contribution in [0, 0.1) is 33.0 Å². The van der Waals surface area contributed by atoms with Gasteiger partial charge in [0.05, 0.1) is 48.9 Å². The summed E-state index contributed by atoms with van der Waals surface area (Å²) < 4.78 is 22.4. The van der Waals surface area contributed by atoms with Gasteiger partial charge in [-0.15, -0.1) is 30.6 Å². The maximum Gasteiger partial charge on any atom is 0.411 e. The molecule has 8 aromatic heterocycles. The van der Waals surface area contributed by atoms with Crippen LogP contribution in [-0.4, -0.2) is 206 Å². The van der Waals surface area contributed by atoms with Crippen molar-refractivity contribution in [3.05, 3.63) is 145 Å². The van der Waals surface area contributed by atoms with E-state index in [4.69, 9.17) is 25.1 Å². The summed E-state index contributed by atoms with van der Waals surface area (Å²) in [7, 11) is 0. The smallest absolute Gasteiger partial charge is 0.411 e. The monoisotopic (exact) mass is 1590 g/mol. The van der Waals surface area contributed by atoms with Crippen LogP contribution in [0.15, 0.2) is 122 Å². The van der Waals surface area contributed by atoms with E-state index in [1.165, 1.54) is 37.0 Å². The minimum absolute atomic E-state index is 0.00388. The summed E-state index contributed by atoms with van der Waals surface area (Å²) in [6, 6.07) is 27.9. The van der Waals surface area contributed by atoms with E-state index in [9.17, 15) is 38.8 Å². The Balaban J connectivity index is 0.000000124. The molecule has 31 heteroatoms. The Morgan fingerprint density at radius 3 is 1.41 bits per heavy atom. The number of aromatic nitrogens is 11. The molecule has 622 valence electrons. The number of nitrogens with one attached hydrogen (secondary N) is 2. The number of ether oxygens (including phenoxy) is 3. The zero-order chi connectivity index (χ0) is 82.6. The number of carboxylic acid groups (broad SMARTS) is 1. The first kappa shape index (κ1) is 83.7. The maximum atomic E-state index is 13.5. The number of aliphatic carboxylic acids is 1.